The van der Waals surface area contributed by atoms with Gasteiger partial charge in [-0.25, -0.2) is 9.97 Å². The molecular weight excluding hydrogens is 418 g/mol. The number of ether oxygens (including phenoxy) is 3. The molecule has 3 heterocycles. The summed E-state index contributed by atoms with van der Waals surface area (Å²) in [6.07, 6.45) is 3.77. The van der Waals surface area contributed by atoms with Crippen LogP contribution in [0.1, 0.15) is 0 Å². The summed E-state index contributed by atoms with van der Waals surface area (Å²) in [4.78, 5) is 14.2. The highest BCUT2D eigenvalue weighted by atomic mass is 16.5. The van der Waals surface area contributed by atoms with Gasteiger partial charge in [-0.05, 0) is 30.3 Å². The second-order valence-electron chi connectivity index (χ2n) is 7.81. The molecule has 33 heavy (non-hydrogen) atoms. The number of methoxy groups -OCH3 is 3. The molecule has 8 nitrogen and oxygen atoms in total. The standard InChI is InChI=1S/C25H27N5O3/c1-31-21-7-5-4-6-20(21)28-12-14-29(15-13-28)25-27-19(17-24-26-10-11-30(24)25)18-8-9-22(32-2)23(16-18)33-3/h4-11,16-17H,12-15H2,1-3H3. The Kier molecular flexibility index (Phi) is 5.64. The van der Waals surface area contributed by atoms with Gasteiger partial charge in [0, 0.05) is 50.2 Å². The number of para-hydroxylation sites is 2. The summed E-state index contributed by atoms with van der Waals surface area (Å²) < 4.78 is 18.5. The van der Waals surface area contributed by atoms with Gasteiger partial charge in [0.2, 0.25) is 5.95 Å². The van der Waals surface area contributed by atoms with Crippen molar-refractivity contribution in [3.63, 3.8) is 0 Å². The lowest BCUT2D eigenvalue weighted by molar-refractivity contribution is 0.355. The number of hydrogen-bond donors (Lipinski definition) is 0. The molecule has 1 fully saturated rings. The van der Waals surface area contributed by atoms with Crippen molar-refractivity contribution in [3.8, 4) is 28.5 Å². The van der Waals surface area contributed by atoms with Gasteiger partial charge in [-0.3, -0.25) is 4.40 Å². The SMILES string of the molecule is COc1ccc(-c2cc3nccn3c(N3CCN(c4ccccc4OC)CC3)n2)cc1OC. The van der Waals surface area contributed by atoms with Crippen molar-refractivity contribution >= 4 is 17.3 Å². The lowest BCUT2D eigenvalue weighted by Gasteiger charge is -2.37. The minimum atomic E-state index is 0.673. The fourth-order valence-electron chi connectivity index (χ4n) is 4.31. The van der Waals surface area contributed by atoms with E-state index < -0.39 is 0 Å². The van der Waals surface area contributed by atoms with E-state index >= 15 is 0 Å². The van der Waals surface area contributed by atoms with Crippen molar-refractivity contribution < 1.29 is 14.2 Å². The molecule has 0 radical (unpaired) electrons. The van der Waals surface area contributed by atoms with Gasteiger partial charge < -0.3 is 24.0 Å². The normalized spacial score (nSPS) is 13.9. The van der Waals surface area contributed by atoms with Crippen LogP contribution < -0.4 is 24.0 Å². The van der Waals surface area contributed by atoms with Crippen LogP contribution in [-0.2, 0) is 0 Å². The molecule has 2 aromatic carbocycles. The minimum absolute atomic E-state index is 0.673. The zero-order valence-corrected chi connectivity index (χ0v) is 19.1. The highest BCUT2D eigenvalue weighted by Gasteiger charge is 2.23. The molecule has 0 unspecified atom stereocenters. The van der Waals surface area contributed by atoms with E-state index in [1.807, 2.05) is 59.3 Å². The average Bonchev–Trinajstić information content (AvgIpc) is 3.36. The number of fused-ring (bicyclic) bond motifs is 1. The maximum atomic E-state index is 5.56. The first-order chi connectivity index (χ1) is 16.2. The van der Waals surface area contributed by atoms with Crippen LogP contribution in [0.4, 0.5) is 11.6 Å². The van der Waals surface area contributed by atoms with Crippen molar-refractivity contribution in [1.82, 2.24) is 14.4 Å². The summed E-state index contributed by atoms with van der Waals surface area (Å²) in [7, 11) is 4.99. The molecular formula is C25H27N5O3. The van der Waals surface area contributed by atoms with Crippen LogP contribution >= 0.6 is 0 Å². The third-order valence-electron chi connectivity index (χ3n) is 6.04. The van der Waals surface area contributed by atoms with Gasteiger partial charge in [-0.2, -0.15) is 0 Å². The highest BCUT2D eigenvalue weighted by molar-refractivity contribution is 5.69. The number of aromatic nitrogens is 3. The van der Waals surface area contributed by atoms with E-state index in [1.54, 1.807) is 21.3 Å². The third-order valence-corrected chi connectivity index (χ3v) is 6.04. The molecule has 1 saturated heterocycles. The Morgan fingerprint density at radius 1 is 0.758 bits per heavy atom. The topological polar surface area (TPSA) is 64.4 Å². The second kappa shape index (κ2) is 8.90. The molecule has 0 atom stereocenters. The Bertz CT molecular complexity index is 1260. The molecule has 170 valence electrons. The summed E-state index contributed by atoms with van der Waals surface area (Å²) in [5, 5.41) is 0. The largest absolute Gasteiger partial charge is 0.495 e. The van der Waals surface area contributed by atoms with E-state index in [1.165, 1.54) is 0 Å². The molecule has 1 aliphatic rings. The van der Waals surface area contributed by atoms with E-state index in [4.69, 9.17) is 19.2 Å². The number of benzene rings is 2. The number of anilines is 2. The molecule has 0 spiro atoms. The van der Waals surface area contributed by atoms with Crippen LogP contribution in [-0.4, -0.2) is 61.9 Å². The molecule has 5 rings (SSSR count). The van der Waals surface area contributed by atoms with Gasteiger partial charge in [-0.15, -0.1) is 0 Å². The predicted octanol–water partition coefficient (Wildman–Crippen LogP) is 3.75. The van der Waals surface area contributed by atoms with E-state index in [9.17, 15) is 0 Å². The van der Waals surface area contributed by atoms with Crippen molar-refractivity contribution in [2.75, 3.05) is 57.3 Å². The number of nitrogens with zero attached hydrogens (tertiary/aromatic N) is 5. The molecule has 0 amide bonds. The van der Waals surface area contributed by atoms with Gasteiger partial charge in [0.05, 0.1) is 32.7 Å². The van der Waals surface area contributed by atoms with Crippen LogP contribution in [0.5, 0.6) is 17.2 Å². The summed E-state index contributed by atoms with van der Waals surface area (Å²) in [6, 6.07) is 16.0. The van der Waals surface area contributed by atoms with Gasteiger partial charge in [-0.1, -0.05) is 12.1 Å². The molecule has 2 aromatic heterocycles. The molecule has 0 aliphatic carbocycles. The monoisotopic (exact) mass is 445 g/mol. The molecule has 4 aromatic rings. The second-order valence-corrected chi connectivity index (χ2v) is 7.81. The summed E-state index contributed by atoms with van der Waals surface area (Å²) >= 11 is 0. The lowest BCUT2D eigenvalue weighted by Crippen LogP contribution is -2.47. The van der Waals surface area contributed by atoms with Crippen molar-refractivity contribution in [2.45, 2.75) is 0 Å². The first kappa shape index (κ1) is 20.9. The van der Waals surface area contributed by atoms with Gasteiger partial charge in [0.15, 0.2) is 11.5 Å². The van der Waals surface area contributed by atoms with Crippen LogP contribution in [0.3, 0.4) is 0 Å². The maximum absolute atomic E-state index is 5.56. The van der Waals surface area contributed by atoms with Crippen molar-refractivity contribution in [2.24, 2.45) is 0 Å². The van der Waals surface area contributed by atoms with E-state index in [2.05, 4.69) is 20.9 Å². The number of rotatable bonds is 6. The number of piperazine rings is 1. The summed E-state index contributed by atoms with van der Waals surface area (Å²) in [6.45, 7) is 3.43. The van der Waals surface area contributed by atoms with Crippen LogP contribution in [0, 0.1) is 0 Å². The Morgan fingerprint density at radius 3 is 2.24 bits per heavy atom. The molecule has 0 bridgehead atoms. The fourth-order valence-corrected chi connectivity index (χ4v) is 4.31. The minimum Gasteiger partial charge on any atom is -0.495 e. The van der Waals surface area contributed by atoms with Crippen molar-refractivity contribution in [1.29, 1.82) is 0 Å². The van der Waals surface area contributed by atoms with Gasteiger partial charge in [0.25, 0.3) is 0 Å². The zero-order valence-electron chi connectivity index (χ0n) is 19.1. The first-order valence-corrected chi connectivity index (χ1v) is 10.9. The van der Waals surface area contributed by atoms with Gasteiger partial charge in [0.1, 0.15) is 11.4 Å². The molecule has 1 aliphatic heterocycles. The molecule has 8 heteroatoms. The van der Waals surface area contributed by atoms with Crippen LogP contribution in [0.2, 0.25) is 0 Å². The number of imidazole rings is 1. The van der Waals surface area contributed by atoms with Crippen molar-refractivity contribution in [3.05, 3.63) is 60.9 Å². The fraction of sp³-hybridized carbons (Fsp3) is 0.280. The van der Waals surface area contributed by atoms with E-state index in [0.717, 1.165) is 60.5 Å². The van der Waals surface area contributed by atoms with E-state index in [0.29, 0.717) is 11.5 Å². The Labute approximate surface area is 193 Å². The third kappa shape index (κ3) is 3.88. The number of hydrogen-bond acceptors (Lipinski definition) is 7. The van der Waals surface area contributed by atoms with E-state index in [-0.39, 0.29) is 0 Å². The highest BCUT2D eigenvalue weighted by Crippen LogP contribution is 2.33. The lowest BCUT2D eigenvalue weighted by atomic mass is 10.1. The van der Waals surface area contributed by atoms with Crippen LogP contribution in [0.15, 0.2) is 60.9 Å². The Balaban J connectivity index is 1.45. The van der Waals surface area contributed by atoms with Crippen LogP contribution in [0.25, 0.3) is 16.9 Å². The molecule has 0 saturated carbocycles. The Hall–Kier alpha value is -3.94. The smallest absolute Gasteiger partial charge is 0.212 e. The summed E-state index contributed by atoms with van der Waals surface area (Å²) in [5.41, 5.74) is 3.78. The zero-order chi connectivity index (χ0) is 22.8. The predicted molar refractivity (Wildman–Crippen MR) is 129 cm³/mol. The first-order valence-electron chi connectivity index (χ1n) is 10.9. The Morgan fingerprint density at radius 2 is 1.48 bits per heavy atom. The summed E-state index contributed by atoms with van der Waals surface area (Å²) in [5.74, 6) is 3.15. The van der Waals surface area contributed by atoms with Gasteiger partial charge >= 0.3 is 0 Å². The maximum Gasteiger partial charge on any atom is 0.212 e. The molecule has 0 N–H and O–H groups in total. The quantitative estimate of drug-likeness (QED) is 0.448. The average molecular weight is 446 g/mol.